The number of allylic oxidation sites excluding steroid dienone is 2. The topological polar surface area (TPSA) is 416 Å². The van der Waals surface area contributed by atoms with Crippen LogP contribution in [0.4, 0.5) is 10.7 Å². The number of alkyl carbamates (subject to hydrolysis) is 1. The van der Waals surface area contributed by atoms with Crippen LogP contribution in [-0.2, 0) is 60.4 Å². The van der Waals surface area contributed by atoms with Gasteiger partial charge in [-0.05, 0) is 32.1 Å². The summed E-state index contributed by atoms with van der Waals surface area (Å²) in [4.78, 5) is 67.0. The second kappa shape index (κ2) is 26.4. The third-order valence-corrected chi connectivity index (χ3v) is 12.8. The summed E-state index contributed by atoms with van der Waals surface area (Å²) in [7, 11) is -11.3. The first-order valence-electron chi connectivity index (χ1n) is 21.2. The molecule has 2 aromatic heterocycles. The molecule has 0 spiro atoms. The van der Waals surface area contributed by atoms with Crippen LogP contribution in [0.1, 0.15) is 44.8 Å². The Labute approximate surface area is 382 Å². The van der Waals surface area contributed by atoms with Crippen molar-refractivity contribution in [2.24, 2.45) is 0 Å². The number of ether oxygens (including phenoxy) is 7. The Bertz CT molecular complexity index is 2070. The lowest BCUT2D eigenvalue weighted by atomic mass is 9.99. The van der Waals surface area contributed by atoms with Crippen LogP contribution in [0.2, 0.25) is 0 Å². The van der Waals surface area contributed by atoms with E-state index < -0.39 is 102 Å². The van der Waals surface area contributed by atoms with Crippen LogP contribution in [0.5, 0.6) is 0 Å². The van der Waals surface area contributed by atoms with E-state index in [0.29, 0.717) is 33.0 Å². The van der Waals surface area contributed by atoms with E-state index in [-0.39, 0.29) is 56.1 Å². The number of amides is 2. The van der Waals surface area contributed by atoms with Crippen molar-refractivity contribution >= 4 is 44.8 Å². The third kappa shape index (κ3) is 17.1. The largest absolute Gasteiger partial charge is 0.483 e. The third-order valence-electron chi connectivity index (χ3n) is 10.2. The number of rotatable bonds is 26. The Morgan fingerprint density at radius 3 is 2.19 bits per heavy atom. The maximum Gasteiger partial charge on any atom is 0.483 e. The zero-order chi connectivity index (χ0) is 48.6. The van der Waals surface area contributed by atoms with Crippen molar-refractivity contribution in [1.82, 2.24) is 30.2 Å². The number of aromatic nitrogens is 4. The van der Waals surface area contributed by atoms with Crippen LogP contribution in [-0.4, -0.2) is 195 Å². The first-order chi connectivity index (χ1) is 31.9. The number of imidazole rings is 1. The number of hydrogen-bond donors (Lipinski definition) is 11. The van der Waals surface area contributed by atoms with E-state index in [2.05, 4.69) is 46.6 Å². The second-order valence-corrected chi connectivity index (χ2v) is 18.2. The quantitative estimate of drug-likeness (QED) is 0.0265. The number of aliphatic hydroxyl groups is 5. The van der Waals surface area contributed by atoms with E-state index in [1.54, 1.807) is 0 Å². The molecule has 0 aromatic carbocycles. The predicted octanol–water partition coefficient (Wildman–Crippen LogP) is -2.43. The lowest BCUT2D eigenvalue weighted by Crippen LogP contribution is -2.60. The molecule has 3 aliphatic rings. The summed E-state index contributed by atoms with van der Waals surface area (Å²) in [5, 5.41) is 57.3. The number of nitrogens with two attached hydrogens (primary N) is 1. The molecule has 12 N–H and O–H groups in total. The van der Waals surface area contributed by atoms with Crippen LogP contribution >= 0.6 is 15.6 Å². The predicted molar refractivity (Wildman–Crippen MR) is 224 cm³/mol. The second-order valence-electron chi connectivity index (χ2n) is 15.2. The number of phosphoric acid groups is 2. The van der Waals surface area contributed by atoms with Crippen LogP contribution < -0.4 is 21.9 Å². The number of aromatic amines is 1. The summed E-state index contributed by atoms with van der Waals surface area (Å²) in [6.45, 7) is 0.594. The van der Waals surface area contributed by atoms with E-state index in [0.717, 1.165) is 43.0 Å². The molecule has 0 radical (unpaired) electrons. The number of nitrogen functional groups attached to an aromatic ring is 1. The monoisotopic (exact) mass is 1000 g/mol. The van der Waals surface area contributed by atoms with Gasteiger partial charge in [0, 0.05) is 19.5 Å². The average molecular weight is 1000 g/mol. The van der Waals surface area contributed by atoms with Gasteiger partial charge in [0.2, 0.25) is 11.9 Å². The fraction of sp³-hybridized carbons (Fsp3) is 0.750. The molecule has 0 saturated carbocycles. The fourth-order valence-corrected chi connectivity index (χ4v) is 8.92. The summed E-state index contributed by atoms with van der Waals surface area (Å²) >= 11 is 0. The summed E-state index contributed by atoms with van der Waals surface area (Å²) in [5.74, 6) is -0.888. The van der Waals surface area contributed by atoms with Gasteiger partial charge in [-0.1, -0.05) is 12.2 Å². The number of H-pyrrole nitrogens is 1. The summed E-state index contributed by atoms with van der Waals surface area (Å²) in [5.41, 5.74) is 4.55. The number of carbonyl (C=O) groups excluding carboxylic acids is 2. The number of hydrogen-bond acceptors (Lipinski definition) is 23. The Morgan fingerprint density at radius 1 is 0.821 bits per heavy atom. The van der Waals surface area contributed by atoms with Gasteiger partial charge in [-0.3, -0.25) is 28.2 Å². The van der Waals surface area contributed by atoms with Crippen molar-refractivity contribution in [3.05, 3.63) is 28.8 Å². The lowest BCUT2D eigenvalue weighted by molar-refractivity contribution is -0.273. The first-order valence-corrected chi connectivity index (χ1v) is 24.2. The standard InChI is InChI=1S/C36H59N7O22P2/c37-35-41-31-25(32(50)42-35)40-20-43(31)33-29(48)27(46)23(62-33)19-60-66(52,53)65-67(54,55)64-34-30(49)28(47)26(45)22(63-34)18-39-24(44)8-10-56-12-14-58-16-17-59-15-13-57-11-9-38-36(51)61-21-6-4-2-1-3-5-7-21/h1-2,20-23,26-30,33-34,45-49H,3-19H2,(H,38,51)(H,39,44)(H,52,53)(H,54,55)(H3,37,41,42,50)/b2-1+/t21?,22?,23-,26-,27?,28?,29?,30?,33-,34-/m1/s1. The highest BCUT2D eigenvalue weighted by molar-refractivity contribution is 7.61. The Hall–Kier alpha value is -3.55. The molecule has 29 nitrogen and oxygen atoms in total. The molecule has 2 amide bonds. The number of nitrogens with zero attached hydrogens (tertiary/aromatic N) is 3. The van der Waals surface area contributed by atoms with Crippen LogP contribution in [0.25, 0.3) is 11.2 Å². The molecular formula is C36H59N7O22P2. The zero-order valence-corrected chi connectivity index (χ0v) is 37.9. The lowest BCUT2D eigenvalue weighted by Gasteiger charge is -2.40. The molecule has 380 valence electrons. The normalized spacial score (nSPS) is 29.1. The molecule has 2 aromatic rings. The van der Waals surface area contributed by atoms with E-state index in [1.807, 2.05) is 0 Å². The first kappa shape index (κ1) is 54.4. The molecular weight excluding hydrogens is 944 g/mol. The van der Waals surface area contributed by atoms with Crippen molar-refractivity contribution < 1.29 is 101 Å². The maximum atomic E-state index is 12.8. The van der Waals surface area contributed by atoms with Crippen LogP contribution in [0, 0.1) is 0 Å². The number of anilines is 1. The number of aliphatic hydroxyl groups excluding tert-OH is 5. The number of nitrogens with one attached hydrogen (secondary N) is 3. The minimum atomic E-state index is -5.73. The molecule has 2 aliphatic heterocycles. The van der Waals surface area contributed by atoms with Gasteiger partial charge >= 0.3 is 21.7 Å². The molecule has 0 bridgehead atoms. The van der Waals surface area contributed by atoms with Gasteiger partial charge < -0.3 is 84.8 Å². The minimum absolute atomic E-state index is 0.0344. The van der Waals surface area contributed by atoms with Gasteiger partial charge in [0.25, 0.3) is 5.56 Å². The minimum Gasteiger partial charge on any atom is -0.446 e. The average Bonchev–Trinajstić information content (AvgIpc) is 3.80. The Morgan fingerprint density at radius 2 is 1.48 bits per heavy atom. The maximum absolute atomic E-state index is 12.8. The van der Waals surface area contributed by atoms with Gasteiger partial charge in [0.15, 0.2) is 23.7 Å². The molecule has 4 heterocycles. The molecule has 12 atom stereocenters. The SMILES string of the molecule is Nc1nc2c(ncn2[C@@H]2O[C@H](COP(=O)(O)OP(=O)(O)O[C@H]3OC(CNC(=O)CCOCCOCCOCCOCCNC(=O)OC4CC/C=C/CCC4)[C@@H](O)C(O)C3O)C(O)C2O)c(=O)[nH]1. The number of phosphoric ester groups is 2. The number of fused-ring (bicyclic) bond motifs is 1. The van der Waals surface area contributed by atoms with Crippen LogP contribution in [0.15, 0.2) is 23.3 Å². The summed E-state index contributed by atoms with van der Waals surface area (Å²) in [6.07, 6.45) is -7.35. The molecule has 2 fully saturated rings. The van der Waals surface area contributed by atoms with Crippen molar-refractivity contribution in [2.45, 2.75) is 99.9 Å². The van der Waals surface area contributed by atoms with E-state index in [4.69, 9.17) is 43.4 Å². The van der Waals surface area contributed by atoms with E-state index >= 15 is 0 Å². The van der Waals surface area contributed by atoms with Crippen molar-refractivity contribution in [2.75, 3.05) is 78.3 Å². The van der Waals surface area contributed by atoms with E-state index in [9.17, 15) is 58.8 Å². The van der Waals surface area contributed by atoms with E-state index in [1.165, 1.54) is 0 Å². The van der Waals surface area contributed by atoms with Gasteiger partial charge in [-0.15, -0.1) is 0 Å². The molecule has 8 unspecified atom stereocenters. The summed E-state index contributed by atoms with van der Waals surface area (Å²) < 4.78 is 78.1. The van der Waals surface area contributed by atoms with Crippen LogP contribution in [0.3, 0.4) is 0 Å². The molecule has 2 saturated heterocycles. The van der Waals surface area contributed by atoms with Crippen molar-refractivity contribution in [3.8, 4) is 0 Å². The van der Waals surface area contributed by atoms with Crippen molar-refractivity contribution in [3.63, 3.8) is 0 Å². The smallest absolute Gasteiger partial charge is 0.446 e. The summed E-state index contributed by atoms with van der Waals surface area (Å²) in [6, 6.07) is 0. The molecule has 1 aliphatic carbocycles. The highest BCUT2D eigenvalue weighted by Gasteiger charge is 2.50. The van der Waals surface area contributed by atoms with Gasteiger partial charge in [-0.25, -0.2) is 18.9 Å². The Balaban J connectivity index is 0.906. The van der Waals surface area contributed by atoms with Crippen molar-refractivity contribution in [1.29, 1.82) is 0 Å². The fourth-order valence-electron chi connectivity index (χ4n) is 6.76. The molecule has 31 heteroatoms. The number of carbonyl (C=O) groups is 2. The highest BCUT2D eigenvalue weighted by atomic mass is 31.3. The Kier molecular flexibility index (Phi) is 21.5. The molecule has 5 rings (SSSR count). The van der Waals surface area contributed by atoms with Gasteiger partial charge in [-0.2, -0.15) is 9.29 Å². The van der Waals surface area contributed by atoms with Gasteiger partial charge in [0.05, 0.1) is 65.8 Å². The molecule has 67 heavy (non-hydrogen) atoms. The van der Waals surface area contributed by atoms with Gasteiger partial charge in [0.1, 0.15) is 48.8 Å². The highest BCUT2D eigenvalue weighted by Crippen LogP contribution is 2.61. The zero-order valence-electron chi connectivity index (χ0n) is 36.1.